The smallest absolute Gasteiger partial charge is 0.226 e. The molecule has 0 atom stereocenters. The molecule has 0 aliphatic heterocycles. The van der Waals surface area contributed by atoms with Gasteiger partial charge in [-0.15, -0.1) is 0 Å². The van der Waals surface area contributed by atoms with Crippen molar-refractivity contribution in [3.63, 3.8) is 0 Å². The molecule has 0 fully saturated rings. The summed E-state index contributed by atoms with van der Waals surface area (Å²) in [5.41, 5.74) is 1.44. The van der Waals surface area contributed by atoms with Crippen LogP contribution in [-0.4, -0.2) is 37.8 Å². The van der Waals surface area contributed by atoms with Gasteiger partial charge in [0.05, 0.1) is 6.33 Å². The fraction of sp³-hybridized carbons (Fsp3) is 0.545. The van der Waals surface area contributed by atoms with E-state index in [1.165, 1.54) is 0 Å². The average molecular weight is 270 g/mol. The number of fused-ring (bicyclic) bond motifs is 1. The number of hydrogen-bond acceptors (Lipinski definition) is 5. The van der Waals surface area contributed by atoms with E-state index < -0.39 is 0 Å². The van der Waals surface area contributed by atoms with Gasteiger partial charge in [0.15, 0.2) is 17.0 Å². The van der Waals surface area contributed by atoms with E-state index in [1.807, 2.05) is 7.05 Å². The van der Waals surface area contributed by atoms with Crippen molar-refractivity contribution in [1.82, 2.24) is 19.5 Å². The summed E-state index contributed by atoms with van der Waals surface area (Å²) in [6, 6.07) is 0. The molecule has 0 aliphatic carbocycles. The summed E-state index contributed by atoms with van der Waals surface area (Å²) in [4.78, 5) is 12.5. The second kappa shape index (κ2) is 5.97. The molecule has 0 unspecified atom stereocenters. The predicted octanol–water partition coefficient (Wildman–Crippen LogP) is 1.59. The standard InChI is InChI=1S/C11H16ClN5O/c1-17-7-14-8-9(13-5-3-2-4-6-18)15-11(12)16-10(8)17/h7,18H,2-6H2,1H3,(H,13,15,16). The number of imidazole rings is 1. The number of aliphatic hydroxyl groups is 1. The van der Waals surface area contributed by atoms with E-state index >= 15 is 0 Å². The molecule has 2 aromatic rings. The number of aryl methyl sites for hydroxylation is 1. The minimum absolute atomic E-state index is 0.212. The van der Waals surface area contributed by atoms with Crippen molar-refractivity contribution in [2.45, 2.75) is 19.3 Å². The van der Waals surface area contributed by atoms with Gasteiger partial charge in [-0.05, 0) is 30.9 Å². The monoisotopic (exact) mass is 269 g/mol. The van der Waals surface area contributed by atoms with Crippen molar-refractivity contribution >= 4 is 28.6 Å². The van der Waals surface area contributed by atoms with Crippen LogP contribution < -0.4 is 5.32 Å². The number of halogens is 1. The first-order valence-electron chi connectivity index (χ1n) is 5.91. The number of unbranched alkanes of at least 4 members (excludes halogenated alkanes) is 2. The van der Waals surface area contributed by atoms with Gasteiger partial charge in [-0.1, -0.05) is 0 Å². The molecule has 0 aliphatic rings. The molecule has 98 valence electrons. The van der Waals surface area contributed by atoms with Gasteiger partial charge in [-0.25, -0.2) is 4.98 Å². The average Bonchev–Trinajstić information content (AvgIpc) is 2.71. The molecule has 18 heavy (non-hydrogen) atoms. The maximum atomic E-state index is 8.69. The third-order valence-electron chi connectivity index (χ3n) is 2.66. The fourth-order valence-corrected chi connectivity index (χ4v) is 1.89. The van der Waals surface area contributed by atoms with Crippen molar-refractivity contribution in [1.29, 1.82) is 0 Å². The Hall–Kier alpha value is -1.40. The van der Waals surface area contributed by atoms with Crippen molar-refractivity contribution in [2.75, 3.05) is 18.5 Å². The third kappa shape index (κ3) is 2.88. The van der Waals surface area contributed by atoms with Gasteiger partial charge in [0.25, 0.3) is 0 Å². The maximum absolute atomic E-state index is 8.69. The number of anilines is 1. The number of nitrogens with zero attached hydrogens (tertiary/aromatic N) is 4. The van der Waals surface area contributed by atoms with Crippen LogP contribution in [0.1, 0.15) is 19.3 Å². The molecule has 2 aromatic heterocycles. The first-order valence-corrected chi connectivity index (χ1v) is 6.29. The Morgan fingerprint density at radius 1 is 1.33 bits per heavy atom. The van der Waals surface area contributed by atoms with E-state index in [-0.39, 0.29) is 11.9 Å². The molecule has 2 rings (SSSR count). The largest absolute Gasteiger partial charge is 0.396 e. The van der Waals surface area contributed by atoms with Crippen LogP contribution in [-0.2, 0) is 7.05 Å². The van der Waals surface area contributed by atoms with Crippen LogP contribution in [0, 0.1) is 0 Å². The van der Waals surface area contributed by atoms with Crippen LogP contribution in [0.2, 0.25) is 5.28 Å². The highest BCUT2D eigenvalue weighted by atomic mass is 35.5. The predicted molar refractivity (Wildman–Crippen MR) is 70.7 cm³/mol. The Kier molecular flexibility index (Phi) is 4.33. The lowest BCUT2D eigenvalue weighted by Gasteiger charge is -2.06. The summed E-state index contributed by atoms with van der Waals surface area (Å²) in [5, 5.41) is 12.1. The molecule has 0 saturated heterocycles. The van der Waals surface area contributed by atoms with Crippen molar-refractivity contribution in [2.24, 2.45) is 7.05 Å². The van der Waals surface area contributed by atoms with Gasteiger partial charge in [0.1, 0.15) is 0 Å². The van der Waals surface area contributed by atoms with Gasteiger partial charge < -0.3 is 15.0 Å². The summed E-state index contributed by atoms with van der Waals surface area (Å²) in [5.74, 6) is 0.662. The molecule has 0 aromatic carbocycles. The van der Waals surface area contributed by atoms with E-state index in [9.17, 15) is 0 Å². The Balaban J connectivity index is 2.08. The summed E-state index contributed by atoms with van der Waals surface area (Å²) in [6.45, 7) is 1.02. The van der Waals surface area contributed by atoms with Crippen LogP contribution in [0.5, 0.6) is 0 Å². The van der Waals surface area contributed by atoms with Crippen LogP contribution in [0.15, 0.2) is 6.33 Å². The van der Waals surface area contributed by atoms with E-state index in [2.05, 4.69) is 20.3 Å². The van der Waals surface area contributed by atoms with E-state index in [4.69, 9.17) is 16.7 Å². The topological polar surface area (TPSA) is 75.9 Å². The molecule has 2 heterocycles. The van der Waals surface area contributed by atoms with Crippen molar-refractivity contribution in [3.8, 4) is 0 Å². The minimum atomic E-state index is 0.212. The Morgan fingerprint density at radius 3 is 2.94 bits per heavy atom. The Morgan fingerprint density at radius 2 is 2.17 bits per heavy atom. The summed E-state index contributed by atoms with van der Waals surface area (Å²) in [7, 11) is 1.86. The van der Waals surface area contributed by atoms with E-state index in [0.29, 0.717) is 11.5 Å². The lowest BCUT2D eigenvalue weighted by atomic mass is 10.2. The fourth-order valence-electron chi connectivity index (χ4n) is 1.72. The van der Waals surface area contributed by atoms with Crippen LogP contribution in [0.3, 0.4) is 0 Å². The van der Waals surface area contributed by atoms with Gasteiger partial charge >= 0.3 is 0 Å². The molecule has 0 spiro atoms. The number of nitrogens with one attached hydrogen (secondary N) is 1. The van der Waals surface area contributed by atoms with Crippen LogP contribution in [0.4, 0.5) is 5.82 Å². The Labute approximate surface area is 110 Å². The first-order chi connectivity index (χ1) is 8.72. The first kappa shape index (κ1) is 13.0. The molecule has 0 bridgehead atoms. The molecule has 0 saturated carbocycles. The Bertz CT molecular complexity index is 527. The number of aliphatic hydroxyl groups excluding tert-OH is 1. The highest BCUT2D eigenvalue weighted by Crippen LogP contribution is 2.20. The van der Waals surface area contributed by atoms with Crippen LogP contribution >= 0.6 is 11.6 Å². The van der Waals surface area contributed by atoms with E-state index in [0.717, 1.165) is 31.3 Å². The molecule has 7 heteroatoms. The zero-order chi connectivity index (χ0) is 13.0. The normalized spacial score (nSPS) is 11.1. The van der Waals surface area contributed by atoms with Gasteiger partial charge in [0.2, 0.25) is 5.28 Å². The zero-order valence-corrected chi connectivity index (χ0v) is 11.0. The molecular weight excluding hydrogens is 254 g/mol. The van der Waals surface area contributed by atoms with Gasteiger partial charge in [0, 0.05) is 20.2 Å². The summed E-state index contributed by atoms with van der Waals surface area (Å²) < 4.78 is 1.81. The highest BCUT2D eigenvalue weighted by molar-refractivity contribution is 6.28. The molecule has 0 amide bonds. The number of aromatic nitrogens is 4. The van der Waals surface area contributed by atoms with E-state index in [1.54, 1.807) is 10.9 Å². The van der Waals surface area contributed by atoms with Gasteiger partial charge in [-0.3, -0.25) is 0 Å². The lowest BCUT2D eigenvalue weighted by Crippen LogP contribution is -2.05. The quantitative estimate of drug-likeness (QED) is 0.615. The number of rotatable bonds is 6. The van der Waals surface area contributed by atoms with Crippen LogP contribution in [0.25, 0.3) is 11.2 Å². The number of hydrogen-bond donors (Lipinski definition) is 2. The third-order valence-corrected chi connectivity index (χ3v) is 2.83. The lowest BCUT2D eigenvalue weighted by molar-refractivity contribution is 0.283. The second-order valence-corrected chi connectivity index (χ2v) is 4.42. The zero-order valence-electron chi connectivity index (χ0n) is 10.2. The minimum Gasteiger partial charge on any atom is -0.396 e. The maximum Gasteiger partial charge on any atom is 0.226 e. The second-order valence-electron chi connectivity index (χ2n) is 4.08. The molecule has 6 nitrogen and oxygen atoms in total. The summed E-state index contributed by atoms with van der Waals surface area (Å²) in [6.07, 6.45) is 4.46. The molecular formula is C11H16ClN5O. The van der Waals surface area contributed by atoms with Gasteiger partial charge in [-0.2, -0.15) is 9.97 Å². The summed E-state index contributed by atoms with van der Waals surface area (Å²) >= 11 is 5.88. The van der Waals surface area contributed by atoms with Crippen molar-refractivity contribution in [3.05, 3.63) is 11.6 Å². The SMILES string of the molecule is Cn1cnc2c(NCCCCCO)nc(Cl)nc21. The highest BCUT2D eigenvalue weighted by Gasteiger charge is 2.10. The van der Waals surface area contributed by atoms with Crippen molar-refractivity contribution < 1.29 is 5.11 Å². The molecule has 0 radical (unpaired) electrons. The molecule has 2 N–H and O–H groups in total.